The van der Waals surface area contributed by atoms with Crippen LogP contribution in [0.3, 0.4) is 0 Å². The molecule has 0 fully saturated rings. The van der Waals surface area contributed by atoms with E-state index in [0.717, 1.165) is 12.8 Å². The average Bonchev–Trinajstić information content (AvgIpc) is 2.34. The number of esters is 1. The highest BCUT2D eigenvalue weighted by Crippen LogP contribution is 2.29. The number of hydrogen-bond acceptors (Lipinski definition) is 3. The lowest BCUT2D eigenvalue weighted by Crippen LogP contribution is -2.16. The molecule has 0 aromatic heterocycles. The number of hydrogen-bond donors (Lipinski definition) is 1. The quantitative estimate of drug-likeness (QED) is 0.635. The lowest BCUT2D eigenvalue weighted by molar-refractivity contribution is -0.142. The number of halogens is 1. The molecule has 1 aromatic rings. The Morgan fingerprint density at radius 2 is 2.24 bits per heavy atom. The van der Waals surface area contributed by atoms with Crippen LogP contribution < -0.4 is 5.73 Å². The van der Waals surface area contributed by atoms with E-state index in [1.54, 1.807) is 12.1 Å². The average molecular weight is 239 g/mol. The first-order valence-corrected chi connectivity index (χ1v) is 5.73. The van der Waals surface area contributed by atoms with Gasteiger partial charge in [0.05, 0.1) is 18.7 Å². The maximum absolute atomic E-state index is 13.4. The first-order valence-electron chi connectivity index (χ1n) is 5.73. The van der Waals surface area contributed by atoms with E-state index in [2.05, 4.69) is 0 Å². The summed E-state index contributed by atoms with van der Waals surface area (Å²) in [5.74, 6) is -1.33. The summed E-state index contributed by atoms with van der Waals surface area (Å²) in [6.45, 7) is 2.03. The molecule has 2 N–H and O–H groups in total. The van der Waals surface area contributed by atoms with Gasteiger partial charge in [0.2, 0.25) is 0 Å². The lowest BCUT2D eigenvalue weighted by Gasteiger charge is -2.16. The minimum absolute atomic E-state index is 0.0407. The summed E-state index contributed by atoms with van der Waals surface area (Å²) in [6.07, 6.45) is 2.45. The van der Waals surface area contributed by atoms with E-state index in [1.807, 2.05) is 6.92 Å². The van der Waals surface area contributed by atoms with Crippen LogP contribution in [-0.4, -0.2) is 13.1 Å². The van der Waals surface area contributed by atoms with Gasteiger partial charge in [0.25, 0.3) is 0 Å². The summed E-state index contributed by atoms with van der Waals surface area (Å²) in [7, 11) is 1.33. The van der Waals surface area contributed by atoms with Crippen LogP contribution in [0.2, 0.25) is 0 Å². The van der Waals surface area contributed by atoms with Crippen molar-refractivity contribution in [1.29, 1.82) is 0 Å². The van der Waals surface area contributed by atoms with E-state index in [9.17, 15) is 9.18 Å². The van der Waals surface area contributed by atoms with Crippen LogP contribution >= 0.6 is 0 Å². The highest BCUT2D eigenvalue weighted by atomic mass is 19.1. The molecule has 1 rings (SSSR count). The molecule has 0 bridgehead atoms. The van der Waals surface area contributed by atoms with Crippen molar-refractivity contribution in [3.05, 3.63) is 29.6 Å². The second-order valence-corrected chi connectivity index (χ2v) is 3.96. The first kappa shape index (κ1) is 13.5. The standard InChI is InChI=1S/C13H18FNO2/c1-3-4-6-10(13(16)17-2)9-7-5-8-11(14)12(9)15/h5,7-8,10H,3-4,6,15H2,1-2H3. The Hall–Kier alpha value is -1.58. The molecule has 94 valence electrons. The number of ether oxygens (including phenoxy) is 1. The van der Waals surface area contributed by atoms with E-state index >= 15 is 0 Å². The molecule has 0 aliphatic carbocycles. The Labute approximate surface area is 101 Å². The molecule has 0 heterocycles. The maximum Gasteiger partial charge on any atom is 0.313 e. The van der Waals surface area contributed by atoms with Gasteiger partial charge in [-0.25, -0.2) is 4.39 Å². The van der Waals surface area contributed by atoms with Crippen LogP contribution in [0, 0.1) is 5.82 Å². The largest absolute Gasteiger partial charge is 0.469 e. The molecule has 17 heavy (non-hydrogen) atoms. The van der Waals surface area contributed by atoms with Crippen molar-refractivity contribution in [1.82, 2.24) is 0 Å². The number of para-hydroxylation sites is 1. The second-order valence-electron chi connectivity index (χ2n) is 3.96. The SMILES string of the molecule is CCCCC(C(=O)OC)c1cccc(F)c1N. The number of rotatable bonds is 5. The fourth-order valence-corrected chi connectivity index (χ4v) is 1.81. The van der Waals surface area contributed by atoms with Crippen LogP contribution in [0.4, 0.5) is 10.1 Å². The molecule has 0 spiro atoms. The van der Waals surface area contributed by atoms with Crippen LogP contribution in [0.1, 0.15) is 37.7 Å². The first-order chi connectivity index (χ1) is 8.11. The minimum Gasteiger partial charge on any atom is -0.469 e. The summed E-state index contributed by atoms with van der Waals surface area (Å²) in [5.41, 5.74) is 6.22. The monoisotopic (exact) mass is 239 g/mol. The molecule has 0 saturated carbocycles. The van der Waals surface area contributed by atoms with Gasteiger partial charge in [-0.3, -0.25) is 4.79 Å². The fourth-order valence-electron chi connectivity index (χ4n) is 1.81. The maximum atomic E-state index is 13.4. The van der Waals surface area contributed by atoms with Gasteiger partial charge in [-0.1, -0.05) is 31.9 Å². The minimum atomic E-state index is -0.493. The number of carbonyl (C=O) groups is 1. The van der Waals surface area contributed by atoms with Gasteiger partial charge in [-0.15, -0.1) is 0 Å². The van der Waals surface area contributed by atoms with Gasteiger partial charge in [0.1, 0.15) is 5.82 Å². The van der Waals surface area contributed by atoms with Crippen molar-refractivity contribution >= 4 is 11.7 Å². The molecule has 4 heteroatoms. The van der Waals surface area contributed by atoms with Crippen molar-refractivity contribution in [3.8, 4) is 0 Å². The number of methoxy groups -OCH3 is 1. The van der Waals surface area contributed by atoms with Crippen LogP contribution in [-0.2, 0) is 9.53 Å². The van der Waals surface area contributed by atoms with E-state index in [-0.39, 0.29) is 11.7 Å². The highest BCUT2D eigenvalue weighted by molar-refractivity contribution is 5.80. The normalized spacial score (nSPS) is 12.2. The molecular formula is C13H18FNO2. The number of nitrogens with two attached hydrogens (primary N) is 1. The molecule has 0 radical (unpaired) electrons. The molecule has 3 nitrogen and oxygen atoms in total. The Balaban J connectivity index is 3.03. The third-order valence-corrected chi connectivity index (χ3v) is 2.79. The predicted octanol–water partition coefficient (Wildman–Crippen LogP) is 2.85. The Bertz CT molecular complexity index is 393. The van der Waals surface area contributed by atoms with Gasteiger partial charge < -0.3 is 10.5 Å². The Morgan fingerprint density at radius 3 is 2.82 bits per heavy atom. The van der Waals surface area contributed by atoms with Crippen LogP contribution in [0.15, 0.2) is 18.2 Å². The van der Waals surface area contributed by atoms with Gasteiger partial charge in [-0.2, -0.15) is 0 Å². The summed E-state index contributed by atoms with van der Waals surface area (Å²) in [6, 6.07) is 4.52. The smallest absolute Gasteiger partial charge is 0.313 e. The zero-order valence-corrected chi connectivity index (χ0v) is 10.2. The van der Waals surface area contributed by atoms with Gasteiger partial charge in [-0.05, 0) is 18.1 Å². The molecular weight excluding hydrogens is 221 g/mol. The van der Waals surface area contributed by atoms with Crippen LogP contribution in [0.5, 0.6) is 0 Å². The van der Waals surface area contributed by atoms with Crippen LogP contribution in [0.25, 0.3) is 0 Å². The van der Waals surface area contributed by atoms with Crippen molar-refractivity contribution < 1.29 is 13.9 Å². The van der Waals surface area contributed by atoms with E-state index in [1.165, 1.54) is 13.2 Å². The number of anilines is 1. The number of unbranched alkanes of at least 4 members (excludes halogenated alkanes) is 1. The summed E-state index contributed by atoms with van der Waals surface area (Å²) < 4.78 is 18.1. The topological polar surface area (TPSA) is 52.3 Å². The highest BCUT2D eigenvalue weighted by Gasteiger charge is 2.23. The van der Waals surface area contributed by atoms with Crippen molar-refractivity contribution in [2.75, 3.05) is 12.8 Å². The molecule has 0 aliphatic heterocycles. The second kappa shape index (κ2) is 6.23. The number of nitrogen functional groups attached to an aromatic ring is 1. The number of benzene rings is 1. The third-order valence-electron chi connectivity index (χ3n) is 2.79. The van der Waals surface area contributed by atoms with Gasteiger partial charge >= 0.3 is 5.97 Å². The molecule has 1 unspecified atom stereocenters. The van der Waals surface area contributed by atoms with Crippen molar-refractivity contribution in [2.24, 2.45) is 0 Å². The zero-order chi connectivity index (χ0) is 12.8. The summed E-state index contributed by atoms with van der Waals surface area (Å²) in [4.78, 5) is 11.7. The Morgan fingerprint density at radius 1 is 1.53 bits per heavy atom. The predicted molar refractivity (Wildman–Crippen MR) is 65.1 cm³/mol. The number of carbonyl (C=O) groups excluding carboxylic acids is 1. The lowest BCUT2D eigenvalue weighted by atomic mass is 9.92. The molecule has 1 aromatic carbocycles. The molecule has 1 atom stereocenters. The van der Waals surface area contributed by atoms with Gasteiger partial charge in [0.15, 0.2) is 0 Å². The zero-order valence-electron chi connectivity index (χ0n) is 10.2. The fraction of sp³-hybridized carbons (Fsp3) is 0.462. The summed E-state index contributed by atoms with van der Waals surface area (Å²) in [5, 5.41) is 0. The van der Waals surface area contributed by atoms with E-state index in [4.69, 9.17) is 10.5 Å². The third kappa shape index (κ3) is 3.19. The van der Waals surface area contributed by atoms with Gasteiger partial charge in [0, 0.05) is 0 Å². The van der Waals surface area contributed by atoms with E-state index in [0.29, 0.717) is 12.0 Å². The molecule has 0 amide bonds. The van der Waals surface area contributed by atoms with E-state index < -0.39 is 11.7 Å². The summed E-state index contributed by atoms with van der Waals surface area (Å²) >= 11 is 0. The van der Waals surface area contributed by atoms with Crippen molar-refractivity contribution in [3.63, 3.8) is 0 Å². The molecule has 0 saturated heterocycles. The van der Waals surface area contributed by atoms with Crippen molar-refractivity contribution in [2.45, 2.75) is 32.1 Å². The Kier molecular flexibility index (Phi) is 4.94. The molecule has 0 aliphatic rings.